The molecule has 0 unspecified atom stereocenters. The van der Waals surface area contributed by atoms with Gasteiger partial charge in [-0.25, -0.2) is 9.78 Å². The van der Waals surface area contributed by atoms with E-state index in [2.05, 4.69) is 31.8 Å². The normalized spacial score (nSPS) is 11.1. The van der Waals surface area contributed by atoms with Gasteiger partial charge >= 0.3 is 5.76 Å². The van der Waals surface area contributed by atoms with E-state index in [4.69, 9.17) is 9.72 Å². The van der Waals surface area contributed by atoms with Gasteiger partial charge in [-0.3, -0.25) is 9.51 Å². The number of aromatic nitrogens is 4. The Morgan fingerprint density at radius 1 is 0.828 bits per heavy atom. The van der Waals surface area contributed by atoms with E-state index < -0.39 is 5.76 Å². The first-order valence-electron chi connectivity index (χ1n) is 9.00. The lowest BCUT2D eigenvalue weighted by atomic mass is 10.0. The van der Waals surface area contributed by atoms with Crippen molar-refractivity contribution in [3.63, 3.8) is 0 Å². The van der Waals surface area contributed by atoms with Gasteiger partial charge in [0.05, 0.1) is 18.1 Å². The summed E-state index contributed by atoms with van der Waals surface area (Å²) in [5, 5.41) is 3.73. The van der Waals surface area contributed by atoms with Gasteiger partial charge in [0, 0.05) is 11.1 Å². The van der Waals surface area contributed by atoms with E-state index in [1.165, 1.54) is 0 Å². The average Bonchev–Trinajstić information content (AvgIpc) is 3.39. The molecule has 0 aliphatic rings. The monoisotopic (exact) mass is 384 g/mol. The highest BCUT2D eigenvalue weighted by molar-refractivity contribution is 5.84. The van der Waals surface area contributed by atoms with Gasteiger partial charge in [-0.05, 0) is 47.5 Å². The fourth-order valence-corrected chi connectivity index (χ4v) is 3.28. The molecule has 29 heavy (non-hydrogen) atoms. The fourth-order valence-electron chi connectivity index (χ4n) is 3.28. The molecule has 2 heterocycles. The molecule has 142 valence electrons. The third-order valence-corrected chi connectivity index (χ3v) is 4.75. The zero-order valence-electron chi connectivity index (χ0n) is 15.5. The summed E-state index contributed by atoms with van der Waals surface area (Å²) in [6.45, 7) is 0. The summed E-state index contributed by atoms with van der Waals surface area (Å²) in [7, 11) is 1.66. The second-order valence-corrected chi connectivity index (χ2v) is 6.57. The molecule has 0 saturated heterocycles. The second-order valence-electron chi connectivity index (χ2n) is 6.57. The van der Waals surface area contributed by atoms with Gasteiger partial charge in [0.15, 0.2) is 5.82 Å². The molecule has 5 aromatic rings. The molecule has 2 N–H and O–H groups in total. The summed E-state index contributed by atoms with van der Waals surface area (Å²) in [6.07, 6.45) is 0. The number of fused-ring (bicyclic) bond motifs is 1. The number of benzene rings is 3. The predicted molar refractivity (Wildman–Crippen MR) is 110 cm³/mol. The minimum atomic E-state index is -0.583. The zero-order chi connectivity index (χ0) is 19.8. The summed E-state index contributed by atoms with van der Waals surface area (Å²) < 4.78 is 9.81. The number of imidazole rings is 1. The number of nitrogens with zero attached hydrogens (tertiary/aromatic N) is 2. The molecule has 0 amide bonds. The Morgan fingerprint density at radius 2 is 1.59 bits per heavy atom. The Balaban J connectivity index is 1.52. The van der Waals surface area contributed by atoms with Gasteiger partial charge in [-0.15, -0.1) is 0 Å². The van der Waals surface area contributed by atoms with E-state index in [0.29, 0.717) is 5.82 Å². The van der Waals surface area contributed by atoms with Crippen LogP contribution in [0.4, 0.5) is 0 Å². The van der Waals surface area contributed by atoms with Crippen LogP contribution in [0, 0.1) is 0 Å². The first kappa shape index (κ1) is 17.0. The maximum absolute atomic E-state index is 11.2. The van der Waals surface area contributed by atoms with Crippen molar-refractivity contribution in [2.24, 2.45) is 0 Å². The van der Waals surface area contributed by atoms with Crippen LogP contribution in [0.5, 0.6) is 5.75 Å². The molecule has 0 bridgehead atoms. The van der Waals surface area contributed by atoms with Crippen molar-refractivity contribution in [1.82, 2.24) is 20.1 Å². The molecule has 0 atom stereocenters. The smallest absolute Gasteiger partial charge is 0.439 e. The average molecular weight is 384 g/mol. The number of methoxy groups -OCH3 is 1. The van der Waals surface area contributed by atoms with Crippen LogP contribution in [0.3, 0.4) is 0 Å². The van der Waals surface area contributed by atoms with Crippen LogP contribution in [0.2, 0.25) is 0 Å². The summed E-state index contributed by atoms with van der Waals surface area (Å²) in [6, 6.07) is 21.7. The number of hydrogen-bond acceptors (Lipinski definition) is 5. The molecule has 7 nitrogen and oxygen atoms in total. The predicted octanol–water partition coefficient (Wildman–Crippen LogP) is 4.25. The fraction of sp³-hybridized carbons (Fsp3) is 0.0455. The lowest BCUT2D eigenvalue weighted by molar-refractivity contribution is 0.388. The van der Waals surface area contributed by atoms with Crippen LogP contribution in [0.1, 0.15) is 0 Å². The number of nitrogens with one attached hydrogen (secondary N) is 2. The molecule has 7 heteroatoms. The molecular formula is C22H16N4O3. The topological polar surface area (TPSA) is 96.8 Å². The highest BCUT2D eigenvalue weighted by atomic mass is 16.5. The summed E-state index contributed by atoms with van der Waals surface area (Å²) in [4.78, 5) is 21.8. The van der Waals surface area contributed by atoms with E-state index in [-0.39, 0.29) is 0 Å². The molecule has 0 radical (unpaired) electrons. The molecule has 0 aliphatic carbocycles. The van der Waals surface area contributed by atoms with Crippen LogP contribution < -0.4 is 10.5 Å². The van der Waals surface area contributed by atoms with Gasteiger partial charge in [0.25, 0.3) is 0 Å². The summed E-state index contributed by atoms with van der Waals surface area (Å²) >= 11 is 0. The molecule has 2 aromatic heterocycles. The molecule has 0 fully saturated rings. The van der Waals surface area contributed by atoms with Crippen molar-refractivity contribution in [3.8, 4) is 39.7 Å². The lowest BCUT2D eigenvalue weighted by Crippen LogP contribution is -1.94. The van der Waals surface area contributed by atoms with Gasteiger partial charge in [0.2, 0.25) is 0 Å². The minimum absolute atomic E-state index is 0.384. The Morgan fingerprint density at radius 3 is 2.34 bits per heavy atom. The summed E-state index contributed by atoms with van der Waals surface area (Å²) in [5.41, 5.74) is 5.57. The standard InChI is InChI=1S/C22H16N4O3/c1-28-17-8-5-13(6-9-17)14-3-2-4-15(11-14)20-23-18-10-7-16(12-19(18)24-20)21-25-22(27)29-26-21/h2-12H,1H3,(H,23,24)(H,25,26,27). The third kappa shape index (κ3) is 3.19. The lowest BCUT2D eigenvalue weighted by Gasteiger charge is -2.05. The molecule has 3 aromatic carbocycles. The van der Waals surface area contributed by atoms with Crippen molar-refractivity contribution >= 4 is 11.0 Å². The maximum atomic E-state index is 11.2. The molecular weight excluding hydrogens is 368 g/mol. The quantitative estimate of drug-likeness (QED) is 0.483. The van der Waals surface area contributed by atoms with Crippen LogP contribution in [0.25, 0.3) is 44.9 Å². The maximum Gasteiger partial charge on any atom is 0.439 e. The van der Waals surface area contributed by atoms with Gasteiger partial charge in [-0.1, -0.05) is 35.5 Å². The van der Waals surface area contributed by atoms with Crippen molar-refractivity contribution < 1.29 is 9.26 Å². The molecule has 0 saturated carbocycles. The molecule has 0 spiro atoms. The first-order valence-corrected chi connectivity index (χ1v) is 9.00. The Hall–Kier alpha value is -4.13. The van der Waals surface area contributed by atoms with Crippen LogP contribution in [0.15, 0.2) is 76.0 Å². The van der Waals surface area contributed by atoms with Crippen molar-refractivity contribution in [1.29, 1.82) is 0 Å². The van der Waals surface area contributed by atoms with Gasteiger partial charge in [-0.2, -0.15) is 0 Å². The third-order valence-electron chi connectivity index (χ3n) is 4.75. The largest absolute Gasteiger partial charge is 0.497 e. The first-order chi connectivity index (χ1) is 14.2. The van der Waals surface area contributed by atoms with Gasteiger partial charge in [0.1, 0.15) is 11.6 Å². The number of rotatable bonds is 4. The minimum Gasteiger partial charge on any atom is -0.497 e. The van der Waals surface area contributed by atoms with Crippen molar-refractivity contribution in [2.75, 3.05) is 7.11 Å². The zero-order valence-corrected chi connectivity index (χ0v) is 15.5. The second kappa shape index (κ2) is 6.79. The molecule has 0 aliphatic heterocycles. The SMILES string of the molecule is COc1ccc(-c2cccc(-c3nc4ccc(-c5noc(=O)[nH]5)cc4[nH]3)c2)cc1. The van der Waals surface area contributed by atoms with E-state index in [1.807, 2.05) is 54.6 Å². The highest BCUT2D eigenvalue weighted by Crippen LogP contribution is 2.28. The van der Waals surface area contributed by atoms with Crippen molar-refractivity contribution in [2.45, 2.75) is 0 Å². The number of hydrogen-bond donors (Lipinski definition) is 2. The Kier molecular flexibility index (Phi) is 3.98. The van der Waals surface area contributed by atoms with Crippen LogP contribution in [-0.2, 0) is 0 Å². The van der Waals surface area contributed by atoms with E-state index in [1.54, 1.807) is 7.11 Å². The Bertz CT molecular complexity index is 1360. The molecule has 5 rings (SSSR count). The van der Waals surface area contributed by atoms with Gasteiger partial charge < -0.3 is 9.72 Å². The van der Waals surface area contributed by atoms with E-state index >= 15 is 0 Å². The van der Waals surface area contributed by atoms with Crippen LogP contribution in [-0.4, -0.2) is 27.2 Å². The number of ether oxygens (including phenoxy) is 1. The highest BCUT2D eigenvalue weighted by Gasteiger charge is 2.10. The number of H-pyrrole nitrogens is 2. The van der Waals surface area contributed by atoms with E-state index in [0.717, 1.165) is 44.9 Å². The van der Waals surface area contributed by atoms with Crippen LogP contribution >= 0.6 is 0 Å². The summed E-state index contributed by atoms with van der Waals surface area (Å²) in [5.74, 6) is 1.39. The van der Waals surface area contributed by atoms with Crippen molar-refractivity contribution in [3.05, 3.63) is 77.3 Å². The number of aromatic amines is 2. The van der Waals surface area contributed by atoms with E-state index in [9.17, 15) is 4.79 Å². The Labute approximate surface area is 165 Å².